The number of ether oxygens (including phenoxy) is 7. The van der Waals surface area contributed by atoms with Gasteiger partial charge >= 0.3 is 29.8 Å². The van der Waals surface area contributed by atoms with Gasteiger partial charge in [-0.05, 0) is 134 Å². The van der Waals surface area contributed by atoms with Crippen molar-refractivity contribution >= 4 is 29.8 Å². The van der Waals surface area contributed by atoms with Gasteiger partial charge in [-0.25, -0.2) is 0 Å². The summed E-state index contributed by atoms with van der Waals surface area (Å²) in [5.74, 6) is -2.53. The molecule has 3 rings (SSSR count). The van der Waals surface area contributed by atoms with Crippen molar-refractivity contribution < 1.29 is 62.2 Å². The minimum absolute atomic E-state index is 0.0625. The summed E-state index contributed by atoms with van der Waals surface area (Å²) in [7, 11) is 0. The Hall–Kier alpha value is -4.50. The van der Waals surface area contributed by atoms with Crippen LogP contribution in [-0.2, 0) is 67.0 Å². The summed E-state index contributed by atoms with van der Waals surface area (Å²) in [6.07, 6.45) is -4.73. The highest BCUT2D eigenvalue weighted by atomic mass is 16.7. The number of aryl methyl sites for hydroxylation is 2. The predicted molar refractivity (Wildman–Crippen MR) is 216 cm³/mol. The Morgan fingerprint density at radius 2 is 1.12 bits per heavy atom. The molecule has 0 unspecified atom stereocenters. The lowest BCUT2D eigenvalue weighted by Gasteiger charge is -2.45. The van der Waals surface area contributed by atoms with E-state index in [2.05, 4.69) is 5.10 Å². The fourth-order valence-corrected chi connectivity index (χ4v) is 5.09. The quantitative estimate of drug-likeness (QED) is 0.137. The van der Waals surface area contributed by atoms with E-state index in [1.807, 2.05) is 12.1 Å². The smallest absolute Gasteiger partial charge is 0.316 e. The lowest BCUT2D eigenvalue weighted by molar-refractivity contribution is -0.294. The Morgan fingerprint density at radius 1 is 0.644 bits per heavy atom. The molecule has 1 saturated heterocycles. The monoisotopic (exact) mass is 830 g/mol. The topological polar surface area (TPSA) is 188 Å². The summed E-state index contributed by atoms with van der Waals surface area (Å²) >= 11 is 0. The first-order valence-electron chi connectivity index (χ1n) is 20.0. The third-order valence-electron chi connectivity index (χ3n) is 8.93. The molecule has 0 amide bonds. The molecule has 2 aromatic rings. The first-order valence-corrected chi connectivity index (χ1v) is 20.0. The summed E-state index contributed by atoms with van der Waals surface area (Å²) in [6.45, 7) is 24.6. The molecule has 0 radical (unpaired) electrons. The zero-order valence-corrected chi connectivity index (χ0v) is 37.5. The van der Waals surface area contributed by atoms with E-state index in [9.17, 15) is 29.1 Å². The van der Waals surface area contributed by atoms with Crippen LogP contribution in [0.25, 0.3) is 0 Å². The molecule has 0 spiro atoms. The number of carbonyl (C=O) groups is 5. The molecule has 1 aliphatic heterocycles. The number of carbonyl (C=O) groups excluding carboxylic acids is 5. The number of esters is 5. The van der Waals surface area contributed by atoms with E-state index in [1.165, 1.54) is 4.68 Å². The molecule has 59 heavy (non-hydrogen) atoms. The Morgan fingerprint density at radius 3 is 1.59 bits per heavy atom. The lowest BCUT2D eigenvalue weighted by Crippen LogP contribution is -2.65. The summed E-state index contributed by atoms with van der Waals surface area (Å²) in [4.78, 5) is 66.4. The van der Waals surface area contributed by atoms with Gasteiger partial charge < -0.3 is 38.3 Å². The van der Waals surface area contributed by atoms with Crippen molar-refractivity contribution in [3.8, 4) is 11.6 Å². The number of nitrogens with zero attached hydrogens (tertiary/aromatic N) is 2. The van der Waals surface area contributed by atoms with Gasteiger partial charge in [-0.2, -0.15) is 0 Å². The molecule has 5 atom stereocenters. The molecule has 1 aliphatic rings. The van der Waals surface area contributed by atoms with Crippen molar-refractivity contribution in [2.45, 2.75) is 154 Å². The zero-order valence-electron chi connectivity index (χ0n) is 37.5. The van der Waals surface area contributed by atoms with E-state index in [4.69, 9.17) is 33.2 Å². The van der Waals surface area contributed by atoms with E-state index in [0.29, 0.717) is 24.2 Å². The third-order valence-corrected chi connectivity index (χ3v) is 8.93. The summed E-state index contributed by atoms with van der Waals surface area (Å²) in [5.41, 5.74) is -3.20. The highest BCUT2D eigenvalue weighted by Crippen LogP contribution is 2.36. The van der Waals surface area contributed by atoms with Gasteiger partial charge in [-0.1, -0.05) is 12.1 Å². The van der Waals surface area contributed by atoms with Gasteiger partial charge in [0.15, 0.2) is 12.2 Å². The minimum atomic E-state index is -1.55. The molecular formula is C44H66N2O13. The van der Waals surface area contributed by atoms with Gasteiger partial charge in [0, 0.05) is 11.8 Å². The second-order valence-electron chi connectivity index (χ2n) is 20.1. The van der Waals surface area contributed by atoms with Crippen LogP contribution in [0.5, 0.6) is 11.6 Å². The Labute approximate surface area is 348 Å². The molecule has 0 aliphatic carbocycles. The lowest BCUT2D eigenvalue weighted by atomic mass is 9.93. The third kappa shape index (κ3) is 14.0. The van der Waals surface area contributed by atoms with Crippen LogP contribution in [0.3, 0.4) is 0 Å². The maximum absolute atomic E-state index is 13.7. The van der Waals surface area contributed by atoms with Crippen molar-refractivity contribution in [2.75, 3.05) is 13.2 Å². The van der Waals surface area contributed by atoms with Gasteiger partial charge in [0.25, 0.3) is 0 Å². The number of hydrogen-bond acceptors (Lipinski definition) is 14. The van der Waals surface area contributed by atoms with Gasteiger partial charge in [-0.15, -0.1) is 5.10 Å². The van der Waals surface area contributed by atoms with Gasteiger partial charge in [0.05, 0.1) is 40.2 Å². The van der Waals surface area contributed by atoms with Gasteiger partial charge in [0.2, 0.25) is 18.3 Å². The van der Waals surface area contributed by atoms with Crippen molar-refractivity contribution in [1.29, 1.82) is 0 Å². The number of aromatic nitrogens is 2. The largest absolute Gasteiger partial charge is 0.462 e. The molecule has 1 aromatic carbocycles. The normalized spacial score (nSPS) is 20.3. The fourth-order valence-electron chi connectivity index (χ4n) is 5.09. The van der Waals surface area contributed by atoms with E-state index in [0.717, 1.165) is 5.56 Å². The first kappa shape index (κ1) is 48.9. The fraction of sp³-hybridized carbons (Fsp3) is 0.682. The number of hydrogen-bond donors (Lipinski definition) is 1. The maximum atomic E-state index is 13.7. The second kappa shape index (κ2) is 18.8. The Kier molecular flexibility index (Phi) is 15.6. The maximum Gasteiger partial charge on any atom is 0.316 e. The number of aliphatic hydroxyl groups excluding tert-OH is 1. The van der Waals surface area contributed by atoms with Crippen LogP contribution in [0.15, 0.2) is 30.5 Å². The molecule has 1 fully saturated rings. The van der Waals surface area contributed by atoms with Crippen LogP contribution in [0.4, 0.5) is 0 Å². The van der Waals surface area contributed by atoms with Crippen molar-refractivity contribution in [3.05, 3.63) is 41.6 Å². The van der Waals surface area contributed by atoms with Crippen molar-refractivity contribution in [1.82, 2.24) is 9.78 Å². The molecule has 330 valence electrons. The second-order valence-corrected chi connectivity index (χ2v) is 20.1. The number of aliphatic hydroxyl groups is 1. The van der Waals surface area contributed by atoms with Crippen molar-refractivity contribution in [2.24, 2.45) is 27.1 Å². The Balaban J connectivity index is 2.13. The molecule has 0 saturated carbocycles. The number of benzene rings is 1. The van der Waals surface area contributed by atoms with Crippen molar-refractivity contribution in [3.63, 3.8) is 0 Å². The van der Waals surface area contributed by atoms with Crippen LogP contribution in [-0.4, -0.2) is 88.7 Å². The van der Waals surface area contributed by atoms with Crippen LogP contribution in [0.2, 0.25) is 0 Å². The van der Waals surface area contributed by atoms with Gasteiger partial charge in [0.1, 0.15) is 18.5 Å². The molecule has 0 bridgehead atoms. The molecule has 1 aromatic heterocycles. The Bertz CT molecular complexity index is 1780. The molecule has 15 nitrogen and oxygen atoms in total. The summed E-state index contributed by atoms with van der Waals surface area (Å²) < 4.78 is 43.9. The van der Waals surface area contributed by atoms with Crippen LogP contribution in [0, 0.1) is 27.1 Å². The van der Waals surface area contributed by atoms with Crippen LogP contribution >= 0.6 is 0 Å². The predicted octanol–water partition coefficient (Wildman–Crippen LogP) is 6.18. The molecular weight excluding hydrogens is 764 g/mol. The van der Waals surface area contributed by atoms with Crippen LogP contribution < -0.4 is 9.47 Å². The SMILES string of the molecule is CC(C)(C)C(=O)OC[C@H]1O[C@@H](Oc2nn(CCO)cc2CCc2ccc(OC(=O)C(C)(C)C)cc2)[C@H](OC(=O)C(C)(C)C)[C@@H](OC(=O)C(C)(C)C)[C@@H]1OC(=O)C(C)(C)C. The van der Waals surface area contributed by atoms with E-state index >= 15 is 0 Å². The average Bonchev–Trinajstić information content (AvgIpc) is 3.47. The average molecular weight is 831 g/mol. The van der Waals surface area contributed by atoms with E-state index in [-0.39, 0.29) is 25.0 Å². The standard InChI is InChI=1S/C44H66N2O13/c1-40(2,3)35(48)53-25-29-30(56-37(50)42(7,8)9)31(57-38(51)43(10,11)12)32(58-39(52)44(13,14)15)34(55-29)59-33-27(24-46(45-33)22-23-47)19-16-26-17-20-28(21-18-26)54-36(49)41(4,5)6/h17-18,20-21,24,29-32,34,47H,16,19,22-23,25H2,1-15H3/t29-,30-,31+,32-,34+/m1/s1. The zero-order chi connectivity index (χ0) is 44.9. The van der Waals surface area contributed by atoms with E-state index < -0.39 is 88.3 Å². The van der Waals surface area contributed by atoms with E-state index in [1.54, 1.807) is 122 Å². The first-order chi connectivity index (χ1) is 26.9. The highest BCUT2D eigenvalue weighted by molar-refractivity contribution is 5.79. The summed E-state index contributed by atoms with van der Waals surface area (Å²) in [6, 6.07) is 7.11. The molecule has 2 heterocycles. The number of rotatable bonds is 13. The highest BCUT2D eigenvalue weighted by Gasteiger charge is 2.56. The van der Waals surface area contributed by atoms with Gasteiger partial charge in [-0.3, -0.25) is 28.7 Å². The van der Waals surface area contributed by atoms with Crippen LogP contribution in [0.1, 0.15) is 115 Å². The molecule has 15 heteroatoms. The minimum Gasteiger partial charge on any atom is -0.462 e. The molecule has 1 N–H and O–H groups in total. The summed E-state index contributed by atoms with van der Waals surface area (Å²) in [5, 5.41) is 14.4.